The predicted molar refractivity (Wildman–Crippen MR) is 130 cm³/mol. The topological polar surface area (TPSA) is 171 Å². The molecule has 180 valence electrons. The molecular weight excluding hydrogens is 526 g/mol. The number of rotatable bonds is 11. The molecule has 0 spiro atoms. The van der Waals surface area contributed by atoms with Crippen LogP contribution in [0.2, 0.25) is 0 Å². The Bertz CT molecular complexity index is 1200. The number of carbonyl (C=O) groups is 2. The summed E-state index contributed by atoms with van der Waals surface area (Å²) in [4.78, 5) is 35.5. The molecule has 0 aliphatic heterocycles. The molecule has 0 aliphatic carbocycles. The number of amides is 2. The Morgan fingerprint density at radius 2 is 1.59 bits per heavy atom. The summed E-state index contributed by atoms with van der Waals surface area (Å²) >= 11 is 4.96. The average molecular weight is 544 g/mol. The first-order valence-corrected chi connectivity index (χ1v) is 12.9. The van der Waals surface area contributed by atoms with Crippen LogP contribution >= 0.6 is 46.2 Å². The van der Waals surface area contributed by atoms with Crippen molar-refractivity contribution in [3.63, 3.8) is 0 Å². The largest absolute Gasteiger partial charge is 0.493 e. The molecule has 2 heterocycles. The quantitative estimate of drug-likeness (QED) is 0.156. The van der Waals surface area contributed by atoms with Gasteiger partial charge in [0.25, 0.3) is 11.6 Å². The van der Waals surface area contributed by atoms with Gasteiger partial charge in [-0.1, -0.05) is 53.1 Å². The number of nitrogens with one attached hydrogen (secondary N) is 2. The fraction of sp³-hybridized carbons (Fsp3) is 0.294. The third-order valence-electron chi connectivity index (χ3n) is 3.82. The van der Waals surface area contributed by atoms with E-state index in [0.717, 1.165) is 39.3 Å². The first kappa shape index (κ1) is 25.6. The van der Waals surface area contributed by atoms with Gasteiger partial charge < -0.3 is 9.47 Å². The lowest BCUT2D eigenvalue weighted by molar-refractivity contribution is -0.385. The number of anilines is 2. The molecule has 0 fully saturated rings. The van der Waals surface area contributed by atoms with Gasteiger partial charge in [0.1, 0.15) is 5.56 Å². The molecule has 17 heteroatoms. The minimum Gasteiger partial charge on any atom is -0.493 e. The van der Waals surface area contributed by atoms with Gasteiger partial charge in [-0.25, -0.2) is 0 Å². The lowest BCUT2D eigenvalue weighted by atomic mass is 10.1. The van der Waals surface area contributed by atoms with E-state index >= 15 is 0 Å². The molecule has 0 atom stereocenters. The van der Waals surface area contributed by atoms with Gasteiger partial charge in [0, 0.05) is 6.07 Å². The van der Waals surface area contributed by atoms with Gasteiger partial charge in [-0.05, 0) is 5.75 Å². The van der Waals surface area contributed by atoms with E-state index in [4.69, 9.17) is 9.47 Å². The molecule has 2 aromatic heterocycles. The predicted octanol–water partition coefficient (Wildman–Crippen LogP) is 3.41. The Balaban J connectivity index is 1.61. The first-order chi connectivity index (χ1) is 16.3. The SMILES string of the molecule is CCSc1nnc(NC(=O)CSc2nnc(NC(=O)c3cc(OC)c(OC)cc3[N+](=O)[O-])s2)s1. The maximum Gasteiger partial charge on any atom is 0.286 e. The number of nitro benzene ring substituents is 1. The fourth-order valence-electron chi connectivity index (χ4n) is 2.41. The smallest absolute Gasteiger partial charge is 0.286 e. The number of aromatic nitrogens is 4. The number of nitrogens with zero attached hydrogens (tertiary/aromatic N) is 5. The summed E-state index contributed by atoms with van der Waals surface area (Å²) in [5.41, 5.74) is -0.688. The molecule has 34 heavy (non-hydrogen) atoms. The molecule has 0 saturated carbocycles. The highest BCUT2D eigenvalue weighted by Gasteiger charge is 2.25. The van der Waals surface area contributed by atoms with Gasteiger partial charge in [0.15, 0.2) is 20.2 Å². The summed E-state index contributed by atoms with van der Waals surface area (Å²) in [5, 5.41) is 32.7. The zero-order valence-corrected chi connectivity index (χ0v) is 21.2. The first-order valence-electron chi connectivity index (χ1n) is 9.28. The van der Waals surface area contributed by atoms with Gasteiger partial charge in [0.05, 0.1) is 31.0 Å². The molecule has 13 nitrogen and oxygen atoms in total. The van der Waals surface area contributed by atoms with E-state index in [1.807, 2.05) is 6.92 Å². The Morgan fingerprint density at radius 3 is 2.18 bits per heavy atom. The molecule has 2 amide bonds. The standard InChI is InChI=1S/C17H17N7O6S4/c1-4-31-16-22-20-14(33-16)18-12(25)7-32-17-23-21-15(34-17)19-13(26)8-5-10(29-2)11(30-3)6-9(8)24(27)28/h5-6H,4,7H2,1-3H3,(H,18,20,25)(H,19,21,26). The van der Waals surface area contributed by atoms with Crippen LogP contribution in [0.15, 0.2) is 20.8 Å². The molecule has 0 saturated heterocycles. The number of hydrogen-bond donors (Lipinski definition) is 2. The van der Waals surface area contributed by atoms with E-state index in [-0.39, 0.29) is 33.9 Å². The minimum atomic E-state index is -0.768. The van der Waals surface area contributed by atoms with Crippen LogP contribution in [0.25, 0.3) is 0 Å². The summed E-state index contributed by atoms with van der Waals surface area (Å²) in [6.07, 6.45) is 0. The molecule has 1 aromatic carbocycles. The van der Waals surface area contributed by atoms with Gasteiger partial charge in [-0.15, -0.1) is 20.4 Å². The maximum atomic E-state index is 12.7. The van der Waals surface area contributed by atoms with Crippen molar-refractivity contribution in [2.75, 3.05) is 36.4 Å². The van der Waals surface area contributed by atoms with Crippen LogP contribution in [-0.4, -0.2) is 62.9 Å². The highest BCUT2D eigenvalue weighted by molar-refractivity contribution is 8.01. The van der Waals surface area contributed by atoms with Crippen LogP contribution in [0.1, 0.15) is 17.3 Å². The van der Waals surface area contributed by atoms with Crippen LogP contribution in [0.5, 0.6) is 11.5 Å². The Kier molecular flexibility index (Phi) is 8.97. The van der Waals surface area contributed by atoms with E-state index < -0.39 is 16.5 Å². The van der Waals surface area contributed by atoms with Crippen LogP contribution in [0, 0.1) is 10.1 Å². The maximum absolute atomic E-state index is 12.7. The zero-order chi connectivity index (χ0) is 24.7. The average Bonchev–Trinajstić information content (AvgIpc) is 3.46. The normalized spacial score (nSPS) is 10.6. The Morgan fingerprint density at radius 1 is 1.00 bits per heavy atom. The van der Waals surface area contributed by atoms with Gasteiger partial charge in [-0.2, -0.15) is 0 Å². The molecule has 2 N–H and O–H groups in total. The monoisotopic (exact) mass is 543 g/mol. The molecule has 0 bridgehead atoms. The number of nitro groups is 1. The second-order valence-electron chi connectivity index (χ2n) is 5.95. The molecular formula is C17H17N7O6S4. The van der Waals surface area contributed by atoms with Crippen molar-refractivity contribution < 1.29 is 24.0 Å². The van der Waals surface area contributed by atoms with Crippen LogP contribution < -0.4 is 20.1 Å². The van der Waals surface area contributed by atoms with Crippen LogP contribution in [0.3, 0.4) is 0 Å². The van der Waals surface area contributed by atoms with Crippen molar-refractivity contribution in [3.05, 3.63) is 27.8 Å². The van der Waals surface area contributed by atoms with E-state index in [9.17, 15) is 19.7 Å². The van der Waals surface area contributed by atoms with Crippen molar-refractivity contribution in [2.24, 2.45) is 0 Å². The van der Waals surface area contributed by atoms with Crippen LogP contribution in [0.4, 0.5) is 16.0 Å². The van der Waals surface area contributed by atoms with Crippen LogP contribution in [-0.2, 0) is 4.79 Å². The van der Waals surface area contributed by atoms with Crippen molar-refractivity contribution >= 4 is 74.0 Å². The molecule has 0 unspecified atom stereocenters. The zero-order valence-electron chi connectivity index (χ0n) is 17.9. The van der Waals surface area contributed by atoms with Crippen molar-refractivity contribution in [3.8, 4) is 11.5 Å². The van der Waals surface area contributed by atoms with E-state index in [1.54, 1.807) is 0 Å². The summed E-state index contributed by atoms with van der Waals surface area (Å²) in [6, 6.07) is 2.32. The minimum absolute atomic E-state index is 0.0412. The van der Waals surface area contributed by atoms with Crippen molar-refractivity contribution in [2.45, 2.75) is 15.6 Å². The second kappa shape index (κ2) is 11.9. The Hall–Kier alpha value is -3.02. The lowest BCUT2D eigenvalue weighted by Crippen LogP contribution is -2.14. The van der Waals surface area contributed by atoms with Crippen molar-refractivity contribution in [1.29, 1.82) is 0 Å². The lowest BCUT2D eigenvalue weighted by Gasteiger charge is -2.10. The highest BCUT2D eigenvalue weighted by Crippen LogP contribution is 2.35. The number of methoxy groups -OCH3 is 2. The fourth-order valence-corrected chi connectivity index (χ4v) is 5.62. The number of benzene rings is 1. The number of ether oxygens (including phenoxy) is 2. The van der Waals surface area contributed by atoms with Crippen molar-refractivity contribution in [1.82, 2.24) is 20.4 Å². The van der Waals surface area contributed by atoms with E-state index in [2.05, 4.69) is 31.0 Å². The highest BCUT2D eigenvalue weighted by atomic mass is 32.2. The Labute approximate surface area is 209 Å². The second-order valence-corrected chi connectivity index (χ2v) is 10.6. The summed E-state index contributed by atoms with van der Waals surface area (Å²) in [6.45, 7) is 1.99. The third-order valence-corrected chi connectivity index (χ3v) is 7.64. The summed E-state index contributed by atoms with van der Waals surface area (Å²) in [5.74, 6) is 0.111. The third kappa shape index (κ3) is 6.52. The van der Waals surface area contributed by atoms with Gasteiger partial charge in [0.2, 0.25) is 16.2 Å². The number of thioether (sulfide) groups is 2. The summed E-state index contributed by atoms with van der Waals surface area (Å²) < 4.78 is 11.4. The van der Waals surface area contributed by atoms with E-state index in [0.29, 0.717) is 9.47 Å². The van der Waals surface area contributed by atoms with Gasteiger partial charge in [-0.3, -0.25) is 30.3 Å². The number of carbonyl (C=O) groups excluding carboxylic acids is 2. The molecule has 3 aromatic rings. The number of hydrogen-bond acceptors (Lipinski definition) is 14. The van der Waals surface area contributed by atoms with E-state index in [1.165, 1.54) is 43.4 Å². The molecule has 0 radical (unpaired) electrons. The summed E-state index contributed by atoms with van der Waals surface area (Å²) in [7, 11) is 2.68. The molecule has 3 rings (SSSR count). The molecule has 0 aliphatic rings. The van der Waals surface area contributed by atoms with Gasteiger partial charge >= 0.3 is 0 Å².